The SMILES string of the molecule is c1cc(-c2cccc3c2sc2ccccc23)cc(N(c2ccc(-c3cccc4c3oc3ccc(-c5ccc6c(c5)sc5c(-c7cccc(N(c8ccc(-c9ccc%10c(c9)oc9ccccc9%10)cc8)c8ccccc8-c8cccc9ccccc89)c7)cccc56)cc34)cc2)c2ccccc2-c2cccc3ccccc23)c1. The third-order valence-corrected chi connectivity index (χ3v) is 24.7. The number of fused-ring (bicyclic) bond motifs is 14. The van der Waals surface area contributed by atoms with Gasteiger partial charge in [-0.15, -0.1) is 22.7 Å². The number of para-hydroxylation sites is 4. The maximum Gasteiger partial charge on any atom is 0.143 e. The Labute approximate surface area is 642 Å². The van der Waals surface area contributed by atoms with Crippen LogP contribution in [0.4, 0.5) is 34.1 Å². The normalized spacial score (nSPS) is 11.8. The summed E-state index contributed by atoms with van der Waals surface area (Å²) >= 11 is 3.74. The second kappa shape index (κ2) is 26.0. The number of thiophene rings is 2. The Morgan fingerprint density at radius 3 is 1.25 bits per heavy atom. The molecule has 0 N–H and O–H groups in total. The molecule has 0 bridgehead atoms. The van der Waals surface area contributed by atoms with Gasteiger partial charge in [-0.2, -0.15) is 0 Å². The van der Waals surface area contributed by atoms with E-state index >= 15 is 0 Å². The Balaban J connectivity index is 0.602. The second-order valence-corrected chi connectivity index (χ2v) is 30.6. The first-order chi connectivity index (χ1) is 54.5. The van der Waals surface area contributed by atoms with Crippen LogP contribution in [0.2, 0.25) is 0 Å². The fourth-order valence-corrected chi connectivity index (χ4v) is 19.6. The summed E-state index contributed by atoms with van der Waals surface area (Å²) in [4.78, 5) is 4.86. The highest BCUT2D eigenvalue weighted by Gasteiger charge is 2.25. The molecule has 4 aromatic heterocycles. The van der Waals surface area contributed by atoms with Crippen LogP contribution in [-0.4, -0.2) is 0 Å². The average Bonchev–Trinajstić information content (AvgIpc) is 1.43. The van der Waals surface area contributed by atoms with Crippen molar-refractivity contribution in [2.45, 2.75) is 0 Å². The first-order valence-corrected chi connectivity index (χ1v) is 39.0. The van der Waals surface area contributed by atoms with Gasteiger partial charge in [0.15, 0.2) is 0 Å². The minimum Gasteiger partial charge on any atom is -0.456 e. The van der Waals surface area contributed by atoms with Gasteiger partial charge in [-0.25, -0.2) is 0 Å². The number of rotatable bonds is 13. The molecule has 0 saturated carbocycles. The van der Waals surface area contributed by atoms with E-state index in [0.717, 1.165) is 128 Å². The van der Waals surface area contributed by atoms with E-state index in [1.165, 1.54) is 89.7 Å². The van der Waals surface area contributed by atoms with Gasteiger partial charge >= 0.3 is 0 Å². The van der Waals surface area contributed by atoms with Gasteiger partial charge in [0.2, 0.25) is 0 Å². The third-order valence-electron chi connectivity index (χ3n) is 22.3. The molecule has 0 saturated heterocycles. The van der Waals surface area contributed by atoms with Crippen LogP contribution < -0.4 is 9.80 Å². The lowest BCUT2D eigenvalue weighted by molar-refractivity contribution is 0.669. The van der Waals surface area contributed by atoms with E-state index in [-0.39, 0.29) is 0 Å². The standard InChI is InChI=1S/C104H64N2O2S2/c1-3-28-78-66(20-1)22-15-37-83(78)85-30-5-9-42-95(85)105(74-53-46-65(47-54-74)70-50-57-88-87-32-7-11-44-97(87)107-99(88)63-70)76-26-14-25-73(61-76)82-36-19-41-93-90-58-51-71(64-101(90)110-104(82)93)69-52-59-98-94(62-69)91-39-17-34-80(102(91)108-98)68-48-55-75(56-49-68)106(96-43-10-6-31-86(96)84-38-16-23-67-21-2-4-29-79(67)84)77-27-13-24-72(60-77)81-35-18-40-92-89-33-8-12-45-100(89)109-103(81)92/h1-64H. The number of hydrogen-bond acceptors (Lipinski definition) is 6. The molecule has 514 valence electrons. The first kappa shape index (κ1) is 63.4. The molecule has 4 heterocycles. The van der Waals surface area contributed by atoms with Gasteiger partial charge in [0.25, 0.3) is 0 Å². The molecule has 22 rings (SSSR count). The van der Waals surface area contributed by atoms with Crippen LogP contribution in [-0.2, 0) is 0 Å². The molecule has 0 atom stereocenters. The quantitative estimate of drug-likeness (QED) is 0.115. The average molecular weight is 1440 g/mol. The van der Waals surface area contributed by atoms with Crippen molar-refractivity contribution >= 4 is 163 Å². The van der Waals surface area contributed by atoms with E-state index in [4.69, 9.17) is 8.83 Å². The third kappa shape index (κ3) is 10.6. The van der Waals surface area contributed by atoms with Crippen molar-refractivity contribution in [3.63, 3.8) is 0 Å². The molecular formula is C104H64N2O2S2. The topological polar surface area (TPSA) is 32.8 Å². The van der Waals surface area contributed by atoms with Crippen molar-refractivity contribution in [1.29, 1.82) is 0 Å². The summed E-state index contributed by atoms with van der Waals surface area (Å²) in [5.74, 6) is 0. The van der Waals surface area contributed by atoms with E-state index < -0.39 is 0 Å². The number of hydrogen-bond donors (Lipinski definition) is 0. The maximum atomic E-state index is 6.96. The number of nitrogens with zero attached hydrogens (tertiary/aromatic N) is 2. The van der Waals surface area contributed by atoms with Crippen LogP contribution in [0, 0.1) is 0 Å². The summed E-state index contributed by atoms with van der Waals surface area (Å²) in [6, 6.07) is 142. The highest BCUT2D eigenvalue weighted by atomic mass is 32.1. The van der Waals surface area contributed by atoms with Crippen LogP contribution >= 0.6 is 22.7 Å². The van der Waals surface area contributed by atoms with E-state index in [1.54, 1.807) is 0 Å². The van der Waals surface area contributed by atoms with Crippen molar-refractivity contribution < 1.29 is 8.83 Å². The Hall–Kier alpha value is -13.9. The molecule has 0 radical (unpaired) electrons. The minimum absolute atomic E-state index is 0.856. The van der Waals surface area contributed by atoms with Crippen LogP contribution in [0.1, 0.15) is 0 Å². The number of benzene rings is 18. The molecule has 4 nitrogen and oxygen atoms in total. The molecular weight excluding hydrogens is 1370 g/mol. The molecule has 0 unspecified atom stereocenters. The maximum absolute atomic E-state index is 6.96. The lowest BCUT2D eigenvalue weighted by Gasteiger charge is -2.29. The van der Waals surface area contributed by atoms with Gasteiger partial charge in [-0.1, -0.05) is 285 Å². The molecule has 0 aliphatic rings. The van der Waals surface area contributed by atoms with Crippen molar-refractivity contribution in [2.24, 2.45) is 0 Å². The Bertz CT molecular complexity index is 7430. The molecule has 110 heavy (non-hydrogen) atoms. The van der Waals surface area contributed by atoms with E-state index in [2.05, 4.69) is 386 Å². The minimum atomic E-state index is 0.856. The van der Waals surface area contributed by atoms with Crippen LogP contribution in [0.25, 0.3) is 184 Å². The number of furan rings is 2. The molecule has 0 fully saturated rings. The van der Waals surface area contributed by atoms with Gasteiger partial charge in [0.1, 0.15) is 22.3 Å². The lowest BCUT2D eigenvalue weighted by atomic mass is 9.95. The second-order valence-electron chi connectivity index (χ2n) is 28.5. The molecule has 0 aliphatic heterocycles. The van der Waals surface area contributed by atoms with Crippen LogP contribution in [0.15, 0.2) is 397 Å². The number of anilines is 6. The summed E-state index contributed by atoms with van der Waals surface area (Å²) in [6.07, 6.45) is 0. The fourth-order valence-electron chi connectivity index (χ4n) is 17.1. The molecule has 6 heteroatoms. The summed E-state index contributed by atoms with van der Waals surface area (Å²) in [6.45, 7) is 0. The van der Waals surface area contributed by atoms with Gasteiger partial charge in [0, 0.05) is 101 Å². The lowest BCUT2D eigenvalue weighted by Crippen LogP contribution is -2.11. The monoisotopic (exact) mass is 1440 g/mol. The highest BCUT2D eigenvalue weighted by Crippen LogP contribution is 2.50. The highest BCUT2D eigenvalue weighted by molar-refractivity contribution is 7.26. The van der Waals surface area contributed by atoms with Crippen LogP contribution in [0.5, 0.6) is 0 Å². The summed E-state index contributed by atoms with van der Waals surface area (Å²) < 4.78 is 18.4. The Morgan fingerprint density at radius 1 is 0.191 bits per heavy atom. The smallest absolute Gasteiger partial charge is 0.143 e. The zero-order chi connectivity index (χ0) is 72.3. The molecule has 0 amide bonds. The van der Waals surface area contributed by atoms with E-state index in [0.29, 0.717) is 0 Å². The van der Waals surface area contributed by atoms with Gasteiger partial charge < -0.3 is 18.6 Å². The van der Waals surface area contributed by atoms with Crippen molar-refractivity contribution in [3.05, 3.63) is 388 Å². The van der Waals surface area contributed by atoms with Gasteiger partial charge in [-0.05, 0) is 186 Å². The van der Waals surface area contributed by atoms with Crippen molar-refractivity contribution in [2.75, 3.05) is 9.80 Å². The summed E-state index contributed by atoms with van der Waals surface area (Å²) in [5.41, 5.74) is 26.0. The largest absolute Gasteiger partial charge is 0.456 e. The van der Waals surface area contributed by atoms with Crippen LogP contribution in [0.3, 0.4) is 0 Å². The molecule has 18 aromatic carbocycles. The molecule has 0 aliphatic carbocycles. The van der Waals surface area contributed by atoms with Gasteiger partial charge in [0.05, 0.1) is 11.4 Å². The fraction of sp³-hybridized carbons (Fsp3) is 0. The predicted molar refractivity (Wildman–Crippen MR) is 469 cm³/mol. The molecule has 0 spiro atoms. The predicted octanol–water partition coefficient (Wildman–Crippen LogP) is 31.1. The Kier molecular flexibility index (Phi) is 15.0. The van der Waals surface area contributed by atoms with Crippen molar-refractivity contribution in [3.8, 4) is 77.9 Å². The van der Waals surface area contributed by atoms with E-state index in [1.807, 2.05) is 34.8 Å². The summed E-state index contributed by atoms with van der Waals surface area (Å²) in [7, 11) is 0. The zero-order valence-electron chi connectivity index (χ0n) is 59.5. The molecule has 22 aromatic rings. The summed E-state index contributed by atoms with van der Waals surface area (Å²) in [5, 5.41) is 14.3. The van der Waals surface area contributed by atoms with Gasteiger partial charge in [-0.3, -0.25) is 0 Å². The van der Waals surface area contributed by atoms with Crippen molar-refractivity contribution in [1.82, 2.24) is 0 Å². The van der Waals surface area contributed by atoms with E-state index in [9.17, 15) is 0 Å². The zero-order valence-corrected chi connectivity index (χ0v) is 61.1. The first-order valence-electron chi connectivity index (χ1n) is 37.4. The Morgan fingerprint density at radius 2 is 0.609 bits per heavy atom.